The van der Waals surface area contributed by atoms with Crippen molar-refractivity contribution in [2.75, 3.05) is 12.4 Å². The number of methoxy groups -OCH3 is 1. The smallest absolute Gasteiger partial charge is 0.445 e. The van der Waals surface area contributed by atoms with E-state index in [1.807, 2.05) is 0 Å². The molecule has 0 spiro atoms. The predicted octanol–water partition coefficient (Wildman–Crippen LogP) is 3.94. The van der Waals surface area contributed by atoms with Crippen LogP contribution in [0.4, 0.5) is 18.3 Å². The molecule has 6 nitrogen and oxygen atoms in total. The van der Waals surface area contributed by atoms with Gasteiger partial charge in [-0.25, -0.2) is 4.98 Å². The van der Waals surface area contributed by atoms with Crippen molar-refractivity contribution >= 4 is 33.7 Å². The number of aromatic nitrogens is 3. The predicted molar refractivity (Wildman–Crippen MR) is 87.0 cm³/mol. The number of carbonyl (C=O) groups excluding carboxylic acids is 1. The SMILES string of the molecule is COc1ccc(-c2nc(C(=O)Nc3nnc(C(F)(F)F)s3)cs2)cc1. The van der Waals surface area contributed by atoms with Gasteiger partial charge in [-0.1, -0.05) is 11.3 Å². The molecule has 0 saturated heterocycles. The lowest BCUT2D eigenvalue weighted by molar-refractivity contribution is -0.138. The highest BCUT2D eigenvalue weighted by Gasteiger charge is 2.35. The molecule has 0 fully saturated rings. The Bertz CT molecular complexity index is 890. The zero-order chi connectivity index (χ0) is 18.0. The normalized spacial score (nSPS) is 11.4. The molecule has 130 valence electrons. The van der Waals surface area contributed by atoms with Crippen LogP contribution in [0.25, 0.3) is 10.6 Å². The fourth-order valence-electron chi connectivity index (χ4n) is 1.79. The number of hydrogen-bond acceptors (Lipinski definition) is 7. The first kappa shape index (κ1) is 17.3. The standard InChI is InChI=1S/C14H9F3N4O2S2/c1-23-8-4-2-7(3-5-8)11-18-9(6-24-11)10(22)19-13-21-20-12(25-13)14(15,16)17/h2-6H,1H3,(H,19,21,22). The van der Waals surface area contributed by atoms with Gasteiger partial charge < -0.3 is 4.74 Å². The van der Waals surface area contributed by atoms with Crippen molar-refractivity contribution in [2.24, 2.45) is 0 Å². The van der Waals surface area contributed by atoms with Crippen LogP contribution in [0.15, 0.2) is 29.6 Å². The average molecular weight is 386 g/mol. The van der Waals surface area contributed by atoms with E-state index >= 15 is 0 Å². The van der Waals surface area contributed by atoms with Gasteiger partial charge in [-0.3, -0.25) is 10.1 Å². The van der Waals surface area contributed by atoms with Gasteiger partial charge in [0.2, 0.25) is 10.1 Å². The third kappa shape index (κ3) is 3.94. The molecule has 1 aromatic carbocycles. The summed E-state index contributed by atoms with van der Waals surface area (Å²) in [6, 6.07) is 7.10. The summed E-state index contributed by atoms with van der Waals surface area (Å²) < 4.78 is 42.5. The molecule has 0 saturated carbocycles. The first-order valence-corrected chi connectivity index (χ1v) is 8.38. The fraction of sp³-hybridized carbons (Fsp3) is 0.143. The first-order valence-electron chi connectivity index (χ1n) is 6.69. The lowest BCUT2D eigenvalue weighted by Crippen LogP contribution is -2.12. The maximum atomic E-state index is 12.5. The molecule has 0 unspecified atom stereocenters. The molecule has 11 heteroatoms. The molecule has 3 rings (SSSR count). The summed E-state index contributed by atoms with van der Waals surface area (Å²) in [4.78, 5) is 16.3. The van der Waals surface area contributed by atoms with Gasteiger partial charge in [0.1, 0.15) is 16.5 Å². The average Bonchev–Trinajstić information content (AvgIpc) is 3.24. The number of alkyl halides is 3. The van der Waals surface area contributed by atoms with Crippen LogP contribution < -0.4 is 10.1 Å². The molecule has 0 atom stereocenters. The molecule has 0 aliphatic carbocycles. The Morgan fingerprint density at radius 1 is 1.20 bits per heavy atom. The molecule has 3 aromatic rings. The van der Waals surface area contributed by atoms with Gasteiger partial charge in [0.25, 0.3) is 5.91 Å². The Balaban J connectivity index is 1.73. The number of anilines is 1. The van der Waals surface area contributed by atoms with Crippen molar-refractivity contribution < 1.29 is 22.7 Å². The van der Waals surface area contributed by atoms with Gasteiger partial charge in [-0.2, -0.15) is 13.2 Å². The molecule has 25 heavy (non-hydrogen) atoms. The second-order valence-corrected chi connectivity index (χ2v) is 6.47. The van der Waals surface area contributed by atoms with Crippen molar-refractivity contribution in [2.45, 2.75) is 6.18 Å². The van der Waals surface area contributed by atoms with E-state index in [1.165, 1.54) is 16.7 Å². The third-order valence-electron chi connectivity index (χ3n) is 2.96. The maximum absolute atomic E-state index is 12.5. The molecule has 0 bridgehead atoms. The van der Waals surface area contributed by atoms with E-state index in [4.69, 9.17) is 4.74 Å². The lowest BCUT2D eigenvalue weighted by atomic mass is 10.2. The van der Waals surface area contributed by atoms with Gasteiger partial charge in [-0.05, 0) is 24.3 Å². The monoisotopic (exact) mass is 386 g/mol. The van der Waals surface area contributed by atoms with E-state index in [0.717, 1.165) is 5.56 Å². The lowest BCUT2D eigenvalue weighted by Gasteiger charge is -2.00. The van der Waals surface area contributed by atoms with Crippen molar-refractivity contribution in [3.63, 3.8) is 0 Å². The highest BCUT2D eigenvalue weighted by Crippen LogP contribution is 2.33. The van der Waals surface area contributed by atoms with Crippen LogP contribution in [0.2, 0.25) is 0 Å². The van der Waals surface area contributed by atoms with E-state index in [1.54, 1.807) is 31.4 Å². The molecule has 1 N–H and O–H groups in total. The zero-order valence-electron chi connectivity index (χ0n) is 12.5. The van der Waals surface area contributed by atoms with E-state index in [0.29, 0.717) is 10.8 Å². The molecule has 0 radical (unpaired) electrons. The summed E-state index contributed by atoms with van der Waals surface area (Å²) in [5, 5.41) is 9.32. The second kappa shape index (κ2) is 6.76. The molecule has 0 aliphatic heterocycles. The van der Waals surface area contributed by atoms with Crippen molar-refractivity contribution in [3.8, 4) is 16.3 Å². The fourth-order valence-corrected chi connectivity index (χ4v) is 3.21. The number of amides is 1. The van der Waals surface area contributed by atoms with Gasteiger partial charge in [0, 0.05) is 10.9 Å². The van der Waals surface area contributed by atoms with Gasteiger partial charge >= 0.3 is 6.18 Å². The molecular weight excluding hydrogens is 377 g/mol. The molecule has 2 heterocycles. The number of rotatable bonds is 4. The number of nitrogens with zero attached hydrogens (tertiary/aromatic N) is 3. The number of thiazole rings is 1. The maximum Gasteiger partial charge on any atom is 0.445 e. The number of hydrogen-bond donors (Lipinski definition) is 1. The Morgan fingerprint density at radius 2 is 1.92 bits per heavy atom. The van der Waals surface area contributed by atoms with Crippen LogP contribution in [0.3, 0.4) is 0 Å². The Morgan fingerprint density at radius 3 is 2.52 bits per heavy atom. The van der Waals surface area contributed by atoms with E-state index in [2.05, 4.69) is 20.5 Å². The topological polar surface area (TPSA) is 77.0 Å². The van der Waals surface area contributed by atoms with Crippen molar-refractivity contribution in [1.82, 2.24) is 15.2 Å². The molecule has 0 aliphatic rings. The molecule has 1 amide bonds. The van der Waals surface area contributed by atoms with E-state index < -0.39 is 17.1 Å². The number of nitrogens with one attached hydrogen (secondary N) is 1. The van der Waals surface area contributed by atoms with E-state index in [9.17, 15) is 18.0 Å². The van der Waals surface area contributed by atoms with Gasteiger partial charge in [-0.15, -0.1) is 21.5 Å². The van der Waals surface area contributed by atoms with Gasteiger partial charge in [0.05, 0.1) is 7.11 Å². The highest BCUT2D eigenvalue weighted by molar-refractivity contribution is 7.15. The summed E-state index contributed by atoms with van der Waals surface area (Å²) in [5.74, 6) is 0.0379. The number of halogens is 3. The summed E-state index contributed by atoms with van der Waals surface area (Å²) in [5.41, 5.74) is 0.875. The largest absolute Gasteiger partial charge is 0.497 e. The minimum atomic E-state index is -4.59. The Hall–Kier alpha value is -2.53. The first-order chi connectivity index (χ1) is 11.9. The van der Waals surface area contributed by atoms with Crippen LogP contribution >= 0.6 is 22.7 Å². The minimum Gasteiger partial charge on any atom is -0.497 e. The minimum absolute atomic E-state index is 0.0829. The third-order valence-corrected chi connectivity index (χ3v) is 4.74. The zero-order valence-corrected chi connectivity index (χ0v) is 14.1. The number of carbonyl (C=O) groups is 1. The van der Waals surface area contributed by atoms with Crippen LogP contribution in [-0.4, -0.2) is 28.2 Å². The second-order valence-electron chi connectivity index (χ2n) is 4.63. The van der Waals surface area contributed by atoms with Gasteiger partial charge in [0.15, 0.2) is 0 Å². The van der Waals surface area contributed by atoms with Crippen LogP contribution in [0, 0.1) is 0 Å². The van der Waals surface area contributed by atoms with Crippen molar-refractivity contribution in [3.05, 3.63) is 40.3 Å². The quantitative estimate of drug-likeness (QED) is 0.735. The van der Waals surface area contributed by atoms with Crippen LogP contribution in [0.5, 0.6) is 5.75 Å². The highest BCUT2D eigenvalue weighted by atomic mass is 32.1. The van der Waals surface area contributed by atoms with Crippen molar-refractivity contribution in [1.29, 1.82) is 0 Å². The van der Waals surface area contributed by atoms with E-state index in [-0.39, 0.29) is 22.2 Å². The Kier molecular flexibility index (Phi) is 4.68. The summed E-state index contributed by atoms with van der Waals surface area (Å²) in [7, 11) is 1.55. The summed E-state index contributed by atoms with van der Waals surface area (Å²) in [6.45, 7) is 0. The number of benzene rings is 1. The number of ether oxygens (including phenoxy) is 1. The molecular formula is C14H9F3N4O2S2. The molecule has 2 aromatic heterocycles. The van der Waals surface area contributed by atoms with Crippen LogP contribution in [-0.2, 0) is 6.18 Å². The Labute approximate surface area is 147 Å². The summed E-state index contributed by atoms with van der Waals surface area (Å²) in [6.07, 6.45) is -4.59. The summed E-state index contributed by atoms with van der Waals surface area (Å²) >= 11 is 1.49. The van der Waals surface area contributed by atoms with Crippen LogP contribution in [0.1, 0.15) is 15.5 Å².